The predicted molar refractivity (Wildman–Crippen MR) is 117 cm³/mol. The maximum atomic E-state index is 12.1. The highest BCUT2D eigenvalue weighted by Crippen LogP contribution is 2.44. The summed E-state index contributed by atoms with van der Waals surface area (Å²) < 4.78 is 5.16. The molecule has 5 heteroatoms. The van der Waals surface area contributed by atoms with Gasteiger partial charge in [0.15, 0.2) is 0 Å². The fourth-order valence-corrected chi connectivity index (χ4v) is 4.20. The monoisotopic (exact) mass is 399 g/mol. The molecule has 5 nitrogen and oxygen atoms in total. The summed E-state index contributed by atoms with van der Waals surface area (Å²) >= 11 is 0. The van der Waals surface area contributed by atoms with Crippen LogP contribution in [0.3, 0.4) is 0 Å². The van der Waals surface area contributed by atoms with Crippen molar-refractivity contribution in [2.75, 3.05) is 19.7 Å². The number of carbonyl (C=O) groups excluding carboxylic acids is 2. The van der Waals surface area contributed by atoms with Gasteiger partial charge in [-0.3, -0.25) is 0 Å². The molecule has 160 valence electrons. The Morgan fingerprint density at radius 3 is 2.24 bits per heavy atom. The predicted octanol–water partition coefficient (Wildman–Crippen LogP) is 6.04. The summed E-state index contributed by atoms with van der Waals surface area (Å²) in [6.45, 7) is 7.10. The van der Waals surface area contributed by atoms with Crippen LogP contribution in [0.4, 0.5) is 4.79 Å². The van der Waals surface area contributed by atoms with Gasteiger partial charge < -0.3 is 20.2 Å². The first kappa shape index (κ1) is 23.0. The number of piperidine rings is 1. The Bertz CT molecular complexity index is 704. The zero-order chi connectivity index (χ0) is 21.3. The number of ketones is 1. The van der Waals surface area contributed by atoms with Crippen LogP contribution in [-0.4, -0.2) is 36.5 Å². The molecule has 1 fully saturated rings. The van der Waals surface area contributed by atoms with Crippen molar-refractivity contribution in [3.8, 4) is 0 Å². The third-order valence-corrected chi connectivity index (χ3v) is 5.96. The zero-order valence-electron chi connectivity index (χ0n) is 18.1. The number of ether oxygens (including phenoxy) is 1. The van der Waals surface area contributed by atoms with Gasteiger partial charge in [0.25, 0.3) is 0 Å². The van der Waals surface area contributed by atoms with Gasteiger partial charge >= 0.3 is 6.09 Å². The van der Waals surface area contributed by atoms with Crippen LogP contribution in [0, 0.1) is 0 Å². The van der Waals surface area contributed by atoms with E-state index in [4.69, 9.17) is 10.5 Å². The number of Topliss-reactive ketones (excluding diaryl/α,β-unsaturated/α-hetero) is 1. The van der Waals surface area contributed by atoms with E-state index >= 15 is 0 Å². The van der Waals surface area contributed by atoms with Crippen molar-refractivity contribution in [2.24, 2.45) is 0 Å². The summed E-state index contributed by atoms with van der Waals surface area (Å²) in [6, 6.07) is 10.3. The van der Waals surface area contributed by atoms with Crippen molar-refractivity contribution in [3.05, 3.63) is 52.9 Å². The lowest BCUT2D eigenvalue weighted by atomic mass is 9.69. The average molecular weight is 400 g/mol. The minimum absolute atomic E-state index is 0.245. The van der Waals surface area contributed by atoms with Gasteiger partial charge in [0, 0.05) is 24.9 Å². The standard InChI is InChI=1S/C24H35N2O3/c1-4-29-23(28)26-17-15-24(16-18-26,21-13-9-6-10-14-21)22(25)19(2)11-7-5-8-12-20(3)27/h6,9-10,13-14,25H,4-5,7-8,11-12,15-18H2,1-3H3/q-1/b22-19+. The maximum Gasteiger partial charge on any atom is 0.409 e. The van der Waals surface area contributed by atoms with Crippen molar-refractivity contribution in [2.45, 2.75) is 71.1 Å². The van der Waals surface area contributed by atoms with Crippen LogP contribution >= 0.6 is 0 Å². The summed E-state index contributed by atoms with van der Waals surface area (Å²) in [5.74, 6) is 0.245. The lowest BCUT2D eigenvalue weighted by Crippen LogP contribution is -2.46. The lowest BCUT2D eigenvalue weighted by molar-refractivity contribution is -0.117. The number of nitrogens with zero attached hydrogens (tertiary/aromatic N) is 1. The van der Waals surface area contributed by atoms with Gasteiger partial charge in [-0.15, -0.1) is 0 Å². The third kappa shape index (κ3) is 6.09. The Hall–Kier alpha value is -2.30. The molecule has 1 N–H and O–H groups in total. The number of likely N-dealkylation sites (tertiary alicyclic amines) is 1. The number of amides is 1. The van der Waals surface area contributed by atoms with E-state index in [1.165, 1.54) is 0 Å². The number of carbonyl (C=O) groups is 2. The number of rotatable bonds is 9. The van der Waals surface area contributed by atoms with Crippen molar-refractivity contribution >= 4 is 11.9 Å². The summed E-state index contributed by atoms with van der Waals surface area (Å²) in [4.78, 5) is 25.0. The highest BCUT2D eigenvalue weighted by molar-refractivity contribution is 5.75. The number of allylic oxidation sites excluding steroid dienone is 2. The molecule has 1 aliphatic heterocycles. The van der Waals surface area contributed by atoms with E-state index in [0.29, 0.717) is 31.8 Å². The largest absolute Gasteiger partial charge is 0.701 e. The van der Waals surface area contributed by atoms with E-state index in [-0.39, 0.29) is 17.3 Å². The Morgan fingerprint density at radius 1 is 1.03 bits per heavy atom. The molecule has 1 amide bonds. The van der Waals surface area contributed by atoms with E-state index in [0.717, 1.165) is 49.7 Å². The van der Waals surface area contributed by atoms with Crippen molar-refractivity contribution < 1.29 is 14.3 Å². The molecule has 0 unspecified atom stereocenters. The first-order chi connectivity index (χ1) is 13.9. The van der Waals surface area contributed by atoms with E-state index in [9.17, 15) is 9.59 Å². The molecule has 1 saturated heterocycles. The molecule has 1 aromatic rings. The quantitative estimate of drug-likeness (QED) is 0.475. The maximum absolute atomic E-state index is 12.1. The highest BCUT2D eigenvalue weighted by atomic mass is 16.6. The van der Waals surface area contributed by atoms with E-state index in [1.807, 2.05) is 25.1 Å². The summed E-state index contributed by atoms with van der Waals surface area (Å²) in [5.41, 5.74) is 11.7. The molecule has 0 aromatic heterocycles. The minimum atomic E-state index is -0.353. The molecule has 1 aliphatic rings. The van der Waals surface area contributed by atoms with Crippen molar-refractivity contribution in [1.82, 2.24) is 4.90 Å². The van der Waals surface area contributed by atoms with Gasteiger partial charge in [-0.2, -0.15) is 5.70 Å². The normalized spacial score (nSPS) is 16.9. The fraction of sp³-hybridized carbons (Fsp3) is 0.583. The van der Waals surface area contributed by atoms with Gasteiger partial charge in [-0.05, 0) is 58.4 Å². The van der Waals surface area contributed by atoms with Crippen LogP contribution in [0.15, 0.2) is 41.6 Å². The molecular weight excluding hydrogens is 364 g/mol. The first-order valence-corrected chi connectivity index (χ1v) is 10.8. The number of hydrogen-bond acceptors (Lipinski definition) is 3. The second kappa shape index (κ2) is 11.0. The highest BCUT2D eigenvalue weighted by Gasteiger charge is 2.37. The molecule has 1 aromatic carbocycles. The fourth-order valence-electron chi connectivity index (χ4n) is 4.20. The molecule has 0 radical (unpaired) electrons. The second-order valence-electron chi connectivity index (χ2n) is 8.05. The lowest BCUT2D eigenvalue weighted by Gasteiger charge is -2.47. The second-order valence-corrected chi connectivity index (χ2v) is 8.05. The molecule has 29 heavy (non-hydrogen) atoms. The van der Waals surface area contributed by atoms with Crippen LogP contribution in [0.2, 0.25) is 0 Å². The molecule has 0 saturated carbocycles. The summed E-state index contributed by atoms with van der Waals surface area (Å²) in [6.07, 6.45) is 5.68. The van der Waals surface area contributed by atoms with Crippen LogP contribution < -0.4 is 0 Å². The number of unbranched alkanes of at least 4 members (excludes halogenated alkanes) is 2. The van der Waals surface area contributed by atoms with E-state index in [2.05, 4.69) is 19.1 Å². The topological polar surface area (TPSA) is 70.4 Å². The Morgan fingerprint density at radius 2 is 1.66 bits per heavy atom. The molecular formula is C24H35N2O3-. The Balaban J connectivity index is 2.14. The van der Waals surface area contributed by atoms with Gasteiger partial charge in [0.1, 0.15) is 5.78 Å². The minimum Gasteiger partial charge on any atom is -0.701 e. The zero-order valence-corrected chi connectivity index (χ0v) is 18.1. The van der Waals surface area contributed by atoms with E-state index in [1.54, 1.807) is 11.8 Å². The van der Waals surface area contributed by atoms with Crippen LogP contribution in [-0.2, 0) is 14.9 Å². The van der Waals surface area contributed by atoms with Crippen molar-refractivity contribution in [3.63, 3.8) is 0 Å². The molecule has 0 aliphatic carbocycles. The first-order valence-electron chi connectivity index (χ1n) is 10.8. The summed E-state index contributed by atoms with van der Waals surface area (Å²) in [5, 5.41) is 0. The van der Waals surface area contributed by atoms with Gasteiger partial charge in [-0.1, -0.05) is 42.3 Å². The number of benzene rings is 1. The van der Waals surface area contributed by atoms with Gasteiger partial charge in [-0.25, -0.2) is 4.79 Å². The average Bonchev–Trinajstić information content (AvgIpc) is 2.73. The number of hydrogen-bond donors (Lipinski definition) is 0. The molecule has 1 heterocycles. The third-order valence-electron chi connectivity index (χ3n) is 5.96. The van der Waals surface area contributed by atoms with Gasteiger partial charge in [0.05, 0.1) is 6.61 Å². The van der Waals surface area contributed by atoms with Gasteiger partial charge in [0.2, 0.25) is 0 Å². The van der Waals surface area contributed by atoms with Crippen LogP contribution in [0.1, 0.15) is 71.3 Å². The van der Waals surface area contributed by atoms with Crippen LogP contribution in [0.5, 0.6) is 0 Å². The number of nitrogens with one attached hydrogen (secondary N) is 1. The Labute approximate surface area is 175 Å². The molecule has 0 spiro atoms. The summed E-state index contributed by atoms with van der Waals surface area (Å²) in [7, 11) is 0. The SMILES string of the molecule is CCOC(=O)N1CCC(/C([NH-])=C(/C)CCCCCC(C)=O)(c2ccccc2)CC1. The molecule has 0 bridgehead atoms. The van der Waals surface area contributed by atoms with E-state index < -0.39 is 0 Å². The molecule has 0 atom stereocenters. The molecule has 2 rings (SSSR count). The smallest absolute Gasteiger partial charge is 0.409 e. The Kier molecular flexibility index (Phi) is 8.74. The van der Waals surface area contributed by atoms with Crippen molar-refractivity contribution in [1.29, 1.82) is 0 Å². The van der Waals surface area contributed by atoms with Crippen LogP contribution in [0.25, 0.3) is 5.73 Å².